The van der Waals surface area contributed by atoms with E-state index < -0.39 is 5.79 Å². The van der Waals surface area contributed by atoms with Crippen LogP contribution in [0.4, 0.5) is 5.69 Å². The summed E-state index contributed by atoms with van der Waals surface area (Å²) in [4.78, 5) is 11.3. The van der Waals surface area contributed by atoms with E-state index >= 15 is 0 Å². The molecular weight excluding hydrogens is 270 g/mol. The molecular formula is C16H19NO4. The predicted molar refractivity (Wildman–Crippen MR) is 77.8 cm³/mol. The van der Waals surface area contributed by atoms with Crippen molar-refractivity contribution < 1.29 is 19.0 Å². The van der Waals surface area contributed by atoms with E-state index in [1.165, 1.54) is 6.08 Å². The number of nitrogens with one attached hydrogen (secondary N) is 1. The van der Waals surface area contributed by atoms with Gasteiger partial charge in [-0.1, -0.05) is 18.2 Å². The fourth-order valence-electron chi connectivity index (χ4n) is 2.58. The second kappa shape index (κ2) is 5.50. The van der Waals surface area contributed by atoms with Crippen molar-refractivity contribution in [1.82, 2.24) is 0 Å². The molecule has 3 atom stereocenters. The van der Waals surface area contributed by atoms with Crippen LogP contribution in [0.3, 0.4) is 0 Å². The van der Waals surface area contributed by atoms with Crippen LogP contribution in [0.15, 0.2) is 42.5 Å². The van der Waals surface area contributed by atoms with Crippen molar-refractivity contribution in [3.05, 3.63) is 42.5 Å². The molecule has 0 spiro atoms. The summed E-state index contributed by atoms with van der Waals surface area (Å²) in [6.07, 6.45) is 2.66. The van der Waals surface area contributed by atoms with Crippen LogP contribution in [0.2, 0.25) is 0 Å². The standard InChI is InChI=1S/C16H19NO4/c1-16(2)19-10-13(21-16)15(12-8-9-14(18)20-12)17-11-6-4-3-5-7-11/h3-9,12-13,15,17H,10H2,1-2H3/t12-,13-,15+/m1/s1. The monoisotopic (exact) mass is 289 g/mol. The molecule has 2 aliphatic heterocycles. The van der Waals surface area contributed by atoms with E-state index in [-0.39, 0.29) is 24.2 Å². The Bertz CT molecular complexity index is 540. The molecule has 5 heteroatoms. The Kier molecular flexibility index (Phi) is 3.69. The first-order chi connectivity index (χ1) is 10.0. The fourth-order valence-corrected chi connectivity index (χ4v) is 2.58. The third-order valence-corrected chi connectivity index (χ3v) is 3.57. The van der Waals surface area contributed by atoms with Gasteiger partial charge in [0.2, 0.25) is 0 Å². The SMILES string of the molecule is CC1(C)OC[C@H]([C@@H](Nc2ccccc2)[C@H]2C=CC(=O)O2)O1. The van der Waals surface area contributed by atoms with Crippen molar-refractivity contribution >= 4 is 11.7 Å². The van der Waals surface area contributed by atoms with Crippen molar-refractivity contribution in [3.63, 3.8) is 0 Å². The van der Waals surface area contributed by atoms with Gasteiger partial charge in [-0.3, -0.25) is 0 Å². The molecule has 0 unspecified atom stereocenters. The summed E-state index contributed by atoms with van der Waals surface area (Å²) in [6.45, 7) is 4.21. The zero-order valence-corrected chi connectivity index (χ0v) is 12.1. The van der Waals surface area contributed by atoms with Gasteiger partial charge in [0, 0.05) is 11.8 Å². The molecule has 1 aromatic rings. The van der Waals surface area contributed by atoms with Crippen LogP contribution < -0.4 is 5.32 Å². The Morgan fingerprint density at radius 2 is 2.05 bits per heavy atom. The van der Waals surface area contributed by atoms with E-state index in [0.717, 1.165) is 5.69 Å². The first kappa shape index (κ1) is 14.1. The topological polar surface area (TPSA) is 56.8 Å². The molecule has 0 saturated carbocycles. The Morgan fingerprint density at radius 1 is 1.29 bits per heavy atom. The molecule has 0 amide bonds. The van der Waals surface area contributed by atoms with Crippen LogP contribution in [-0.4, -0.2) is 36.6 Å². The molecule has 0 aliphatic carbocycles. The number of anilines is 1. The van der Waals surface area contributed by atoms with Gasteiger partial charge in [0.1, 0.15) is 12.2 Å². The van der Waals surface area contributed by atoms with E-state index in [1.54, 1.807) is 6.08 Å². The molecule has 3 rings (SSSR count). The summed E-state index contributed by atoms with van der Waals surface area (Å²) in [5.74, 6) is -0.939. The first-order valence-corrected chi connectivity index (χ1v) is 7.06. The molecule has 0 radical (unpaired) electrons. The van der Waals surface area contributed by atoms with Gasteiger partial charge < -0.3 is 19.5 Å². The average Bonchev–Trinajstić information content (AvgIpc) is 3.03. The van der Waals surface area contributed by atoms with Gasteiger partial charge in [-0.25, -0.2) is 4.79 Å². The minimum Gasteiger partial charge on any atom is -0.453 e. The Labute approximate surface area is 123 Å². The number of esters is 1. The number of ether oxygens (including phenoxy) is 3. The average molecular weight is 289 g/mol. The molecule has 0 aromatic heterocycles. The number of hydrogen-bond donors (Lipinski definition) is 1. The molecule has 0 bridgehead atoms. The summed E-state index contributed by atoms with van der Waals surface area (Å²) in [5.41, 5.74) is 0.951. The van der Waals surface area contributed by atoms with Crippen molar-refractivity contribution in [2.45, 2.75) is 37.9 Å². The fraction of sp³-hybridized carbons (Fsp3) is 0.438. The zero-order valence-electron chi connectivity index (χ0n) is 12.1. The van der Waals surface area contributed by atoms with Crippen LogP contribution in [-0.2, 0) is 19.0 Å². The van der Waals surface area contributed by atoms with Crippen molar-refractivity contribution in [1.29, 1.82) is 0 Å². The lowest BCUT2D eigenvalue weighted by Gasteiger charge is -2.29. The van der Waals surface area contributed by atoms with Crippen molar-refractivity contribution in [2.75, 3.05) is 11.9 Å². The molecule has 1 N–H and O–H groups in total. The highest BCUT2D eigenvalue weighted by Gasteiger charge is 2.42. The highest BCUT2D eigenvalue weighted by atomic mass is 16.7. The Morgan fingerprint density at radius 3 is 2.62 bits per heavy atom. The second-order valence-corrected chi connectivity index (χ2v) is 5.66. The van der Waals surface area contributed by atoms with Crippen LogP contribution >= 0.6 is 0 Å². The molecule has 5 nitrogen and oxygen atoms in total. The number of cyclic esters (lactones) is 1. The molecule has 1 fully saturated rings. The van der Waals surface area contributed by atoms with E-state index in [9.17, 15) is 4.79 Å². The number of para-hydroxylation sites is 1. The van der Waals surface area contributed by atoms with E-state index in [0.29, 0.717) is 6.61 Å². The van der Waals surface area contributed by atoms with Crippen LogP contribution in [0, 0.1) is 0 Å². The zero-order chi connectivity index (χ0) is 14.9. The van der Waals surface area contributed by atoms with Gasteiger partial charge in [0.25, 0.3) is 0 Å². The summed E-state index contributed by atoms with van der Waals surface area (Å²) in [6, 6.07) is 9.59. The summed E-state index contributed by atoms with van der Waals surface area (Å²) < 4.78 is 16.9. The highest BCUT2D eigenvalue weighted by Crippen LogP contribution is 2.29. The lowest BCUT2D eigenvalue weighted by atomic mass is 10.0. The largest absolute Gasteiger partial charge is 0.453 e. The van der Waals surface area contributed by atoms with Gasteiger partial charge in [-0.15, -0.1) is 0 Å². The normalized spacial score (nSPS) is 28.4. The molecule has 21 heavy (non-hydrogen) atoms. The molecule has 112 valence electrons. The molecule has 2 aliphatic rings. The molecule has 2 heterocycles. The molecule has 1 saturated heterocycles. The quantitative estimate of drug-likeness (QED) is 0.860. The molecule has 1 aromatic carbocycles. The Hall–Kier alpha value is -1.85. The minimum absolute atomic E-state index is 0.194. The van der Waals surface area contributed by atoms with E-state index in [2.05, 4.69) is 5.32 Å². The van der Waals surface area contributed by atoms with Gasteiger partial charge in [-0.05, 0) is 32.1 Å². The number of benzene rings is 1. The number of carbonyl (C=O) groups excluding carboxylic acids is 1. The summed E-state index contributed by atoms with van der Waals surface area (Å²) >= 11 is 0. The second-order valence-electron chi connectivity index (χ2n) is 5.66. The van der Waals surface area contributed by atoms with Gasteiger partial charge in [-0.2, -0.15) is 0 Å². The number of carbonyl (C=O) groups is 1. The minimum atomic E-state index is -0.617. The van der Waals surface area contributed by atoms with Gasteiger partial charge in [0.05, 0.1) is 12.6 Å². The smallest absolute Gasteiger partial charge is 0.331 e. The third kappa shape index (κ3) is 3.25. The van der Waals surface area contributed by atoms with Crippen LogP contribution in [0.5, 0.6) is 0 Å². The number of rotatable bonds is 4. The lowest BCUT2D eigenvalue weighted by Crippen LogP contribution is -2.45. The number of hydrogen-bond acceptors (Lipinski definition) is 5. The van der Waals surface area contributed by atoms with Crippen molar-refractivity contribution in [3.8, 4) is 0 Å². The maximum absolute atomic E-state index is 11.3. The maximum Gasteiger partial charge on any atom is 0.331 e. The predicted octanol–water partition coefficient (Wildman–Crippen LogP) is 2.10. The summed E-state index contributed by atoms with van der Waals surface area (Å²) in [5, 5.41) is 3.39. The highest BCUT2D eigenvalue weighted by molar-refractivity contribution is 5.84. The van der Waals surface area contributed by atoms with E-state index in [4.69, 9.17) is 14.2 Å². The van der Waals surface area contributed by atoms with Crippen LogP contribution in [0.1, 0.15) is 13.8 Å². The van der Waals surface area contributed by atoms with Crippen LogP contribution in [0.25, 0.3) is 0 Å². The third-order valence-electron chi connectivity index (χ3n) is 3.57. The van der Waals surface area contributed by atoms with Gasteiger partial charge in [0.15, 0.2) is 5.79 Å². The lowest BCUT2D eigenvalue weighted by molar-refractivity contribution is -0.147. The first-order valence-electron chi connectivity index (χ1n) is 7.06. The maximum atomic E-state index is 11.3. The summed E-state index contributed by atoms with van der Waals surface area (Å²) in [7, 11) is 0. The van der Waals surface area contributed by atoms with E-state index in [1.807, 2.05) is 44.2 Å². The van der Waals surface area contributed by atoms with Crippen molar-refractivity contribution in [2.24, 2.45) is 0 Å². The Balaban J connectivity index is 1.78. The van der Waals surface area contributed by atoms with Gasteiger partial charge >= 0.3 is 5.97 Å².